The fourth-order valence-corrected chi connectivity index (χ4v) is 2.68. The van der Waals surface area contributed by atoms with Gasteiger partial charge in [-0.1, -0.05) is 6.07 Å². The summed E-state index contributed by atoms with van der Waals surface area (Å²) in [6.07, 6.45) is 2.26. The third-order valence-corrected chi connectivity index (χ3v) is 3.55. The first kappa shape index (κ1) is 10.6. The van der Waals surface area contributed by atoms with Crippen molar-refractivity contribution >= 4 is 17.0 Å². The van der Waals surface area contributed by atoms with E-state index in [-0.39, 0.29) is 0 Å². The number of nitrogens with one attached hydrogen (secondary N) is 1. The Morgan fingerprint density at radius 3 is 2.88 bits per heavy atom. The SMILES string of the molecule is Cc1ccc2c(c1)nc(N)n2C1CCNCC1. The second-order valence-corrected chi connectivity index (χ2v) is 4.81. The molecule has 1 saturated heterocycles. The Bertz CT molecular complexity index is 538. The average Bonchev–Trinajstić information content (AvgIpc) is 2.65. The maximum absolute atomic E-state index is 6.07. The van der Waals surface area contributed by atoms with Gasteiger partial charge in [-0.15, -0.1) is 0 Å². The van der Waals surface area contributed by atoms with E-state index in [2.05, 4.69) is 40.0 Å². The molecule has 90 valence electrons. The zero-order valence-corrected chi connectivity index (χ0v) is 10.1. The van der Waals surface area contributed by atoms with Gasteiger partial charge < -0.3 is 15.6 Å². The molecular weight excluding hydrogens is 212 g/mol. The van der Waals surface area contributed by atoms with E-state index in [1.54, 1.807) is 0 Å². The van der Waals surface area contributed by atoms with Crippen molar-refractivity contribution in [3.63, 3.8) is 0 Å². The van der Waals surface area contributed by atoms with Crippen molar-refractivity contribution in [3.05, 3.63) is 23.8 Å². The van der Waals surface area contributed by atoms with E-state index in [1.165, 1.54) is 11.1 Å². The Kier molecular flexibility index (Phi) is 2.52. The fraction of sp³-hybridized carbons (Fsp3) is 0.462. The number of hydrogen-bond acceptors (Lipinski definition) is 3. The van der Waals surface area contributed by atoms with Crippen LogP contribution in [0.5, 0.6) is 0 Å². The van der Waals surface area contributed by atoms with Gasteiger partial charge in [-0.05, 0) is 50.6 Å². The maximum Gasteiger partial charge on any atom is 0.201 e. The summed E-state index contributed by atoms with van der Waals surface area (Å²) in [5.41, 5.74) is 9.48. The molecule has 4 nitrogen and oxygen atoms in total. The number of aryl methyl sites for hydroxylation is 1. The van der Waals surface area contributed by atoms with Crippen molar-refractivity contribution < 1.29 is 0 Å². The molecule has 1 aromatic heterocycles. The van der Waals surface area contributed by atoms with Gasteiger partial charge in [-0.25, -0.2) is 4.98 Å². The van der Waals surface area contributed by atoms with Gasteiger partial charge in [0, 0.05) is 6.04 Å². The molecule has 2 heterocycles. The van der Waals surface area contributed by atoms with E-state index in [0.717, 1.165) is 31.4 Å². The number of rotatable bonds is 1. The number of anilines is 1. The Balaban J connectivity index is 2.11. The van der Waals surface area contributed by atoms with Crippen molar-refractivity contribution in [3.8, 4) is 0 Å². The maximum atomic E-state index is 6.07. The van der Waals surface area contributed by atoms with Gasteiger partial charge >= 0.3 is 0 Å². The molecule has 0 aliphatic carbocycles. The molecule has 1 aliphatic heterocycles. The number of aromatic nitrogens is 2. The second kappa shape index (κ2) is 4.04. The van der Waals surface area contributed by atoms with Crippen LogP contribution in [0.2, 0.25) is 0 Å². The van der Waals surface area contributed by atoms with Crippen LogP contribution in [-0.4, -0.2) is 22.6 Å². The van der Waals surface area contributed by atoms with Crippen LogP contribution in [0.4, 0.5) is 5.95 Å². The summed E-state index contributed by atoms with van der Waals surface area (Å²) in [7, 11) is 0. The Hall–Kier alpha value is -1.55. The third-order valence-electron chi connectivity index (χ3n) is 3.55. The van der Waals surface area contributed by atoms with E-state index < -0.39 is 0 Å². The van der Waals surface area contributed by atoms with E-state index in [4.69, 9.17) is 5.73 Å². The molecular formula is C13H18N4. The van der Waals surface area contributed by atoms with Gasteiger partial charge in [-0.2, -0.15) is 0 Å². The fourth-order valence-electron chi connectivity index (χ4n) is 2.68. The summed E-state index contributed by atoms with van der Waals surface area (Å²) in [6, 6.07) is 6.85. The topological polar surface area (TPSA) is 55.9 Å². The predicted octanol–water partition coefficient (Wildman–Crippen LogP) is 1.85. The summed E-state index contributed by atoms with van der Waals surface area (Å²) in [4.78, 5) is 4.47. The third kappa shape index (κ3) is 1.78. The quantitative estimate of drug-likeness (QED) is 0.786. The number of nitrogen functional groups attached to an aromatic ring is 1. The number of benzene rings is 1. The van der Waals surface area contributed by atoms with Crippen LogP contribution in [-0.2, 0) is 0 Å². The number of fused-ring (bicyclic) bond motifs is 1. The second-order valence-electron chi connectivity index (χ2n) is 4.81. The Labute approximate surface area is 101 Å². The van der Waals surface area contributed by atoms with E-state index >= 15 is 0 Å². The number of nitrogens with two attached hydrogens (primary N) is 1. The lowest BCUT2D eigenvalue weighted by Crippen LogP contribution is -2.29. The molecule has 1 fully saturated rings. The van der Waals surface area contributed by atoms with Gasteiger partial charge in [0.15, 0.2) is 0 Å². The summed E-state index contributed by atoms with van der Waals surface area (Å²) >= 11 is 0. The predicted molar refractivity (Wildman–Crippen MR) is 70.0 cm³/mol. The Morgan fingerprint density at radius 1 is 1.35 bits per heavy atom. The molecule has 4 heteroatoms. The van der Waals surface area contributed by atoms with E-state index in [1.807, 2.05) is 0 Å². The van der Waals surface area contributed by atoms with Gasteiger partial charge in [0.2, 0.25) is 5.95 Å². The number of piperidine rings is 1. The summed E-state index contributed by atoms with van der Waals surface area (Å²) in [5, 5.41) is 3.38. The lowest BCUT2D eigenvalue weighted by atomic mass is 10.1. The number of nitrogens with zero attached hydrogens (tertiary/aromatic N) is 2. The van der Waals surface area contributed by atoms with Crippen LogP contribution in [0.15, 0.2) is 18.2 Å². The van der Waals surface area contributed by atoms with E-state index in [0.29, 0.717) is 12.0 Å². The highest BCUT2D eigenvalue weighted by molar-refractivity contribution is 5.79. The van der Waals surface area contributed by atoms with Crippen molar-refractivity contribution in [2.45, 2.75) is 25.8 Å². The lowest BCUT2D eigenvalue weighted by Gasteiger charge is -2.25. The molecule has 0 saturated carbocycles. The van der Waals surface area contributed by atoms with Crippen LogP contribution in [0.3, 0.4) is 0 Å². The molecule has 0 bridgehead atoms. The summed E-state index contributed by atoms with van der Waals surface area (Å²) in [5.74, 6) is 0.650. The van der Waals surface area contributed by atoms with Crippen molar-refractivity contribution in [1.82, 2.24) is 14.9 Å². The molecule has 0 unspecified atom stereocenters. The van der Waals surface area contributed by atoms with E-state index in [9.17, 15) is 0 Å². The van der Waals surface area contributed by atoms with Gasteiger partial charge in [0.1, 0.15) is 0 Å². The largest absolute Gasteiger partial charge is 0.369 e. The molecule has 1 aliphatic rings. The van der Waals surface area contributed by atoms with Crippen molar-refractivity contribution in [2.75, 3.05) is 18.8 Å². The molecule has 1 aromatic carbocycles. The molecule has 3 rings (SSSR count). The number of hydrogen-bond donors (Lipinski definition) is 2. The summed E-state index contributed by atoms with van der Waals surface area (Å²) in [6.45, 7) is 4.21. The normalized spacial score (nSPS) is 17.7. The minimum absolute atomic E-state index is 0.490. The van der Waals surface area contributed by atoms with Crippen molar-refractivity contribution in [1.29, 1.82) is 0 Å². The zero-order chi connectivity index (χ0) is 11.8. The Morgan fingerprint density at radius 2 is 2.12 bits per heavy atom. The molecule has 0 radical (unpaired) electrons. The first-order valence-corrected chi connectivity index (χ1v) is 6.20. The first-order valence-electron chi connectivity index (χ1n) is 6.20. The highest BCUT2D eigenvalue weighted by Crippen LogP contribution is 2.28. The lowest BCUT2D eigenvalue weighted by molar-refractivity contribution is 0.378. The standard InChI is InChI=1S/C13H18N4/c1-9-2-3-12-11(8-9)16-13(14)17(12)10-4-6-15-7-5-10/h2-3,8,10,15H,4-7H2,1H3,(H2,14,16). The smallest absolute Gasteiger partial charge is 0.201 e. The first-order chi connectivity index (χ1) is 8.25. The zero-order valence-electron chi connectivity index (χ0n) is 10.1. The minimum atomic E-state index is 0.490. The van der Waals surface area contributed by atoms with Crippen LogP contribution in [0.25, 0.3) is 11.0 Å². The molecule has 2 aromatic rings. The number of imidazole rings is 1. The van der Waals surface area contributed by atoms with Gasteiger partial charge in [0.25, 0.3) is 0 Å². The van der Waals surface area contributed by atoms with Gasteiger partial charge in [0.05, 0.1) is 11.0 Å². The average molecular weight is 230 g/mol. The molecule has 0 spiro atoms. The highest BCUT2D eigenvalue weighted by atomic mass is 15.2. The van der Waals surface area contributed by atoms with Crippen LogP contribution < -0.4 is 11.1 Å². The highest BCUT2D eigenvalue weighted by Gasteiger charge is 2.19. The van der Waals surface area contributed by atoms with Crippen LogP contribution in [0.1, 0.15) is 24.4 Å². The molecule has 17 heavy (non-hydrogen) atoms. The van der Waals surface area contributed by atoms with Crippen molar-refractivity contribution in [2.24, 2.45) is 0 Å². The van der Waals surface area contributed by atoms with Crippen LogP contribution in [0, 0.1) is 6.92 Å². The molecule has 3 N–H and O–H groups in total. The van der Waals surface area contributed by atoms with Crippen LogP contribution >= 0.6 is 0 Å². The van der Waals surface area contributed by atoms with Gasteiger partial charge in [-0.3, -0.25) is 0 Å². The minimum Gasteiger partial charge on any atom is -0.369 e. The molecule has 0 amide bonds. The summed E-state index contributed by atoms with van der Waals surface area (Å²) < 4.78 is 2.20. The monoisotopic (exact) mass is 230 g/mol. The molecule has 0 atom stereocenters.